The molecular formula is C56H34N4O. The zero-order valence-corrected chi connectivity index (χ0v) is 32.8. The smallest absolute Gasteiger partial charge is 0.235 e. The Morgan fingerprint density at radius 3 is 1.77 bits per heavy atom. The number of benzene rings is 9. The van der Waals surface area contributed by atoms with Crippen LogP contribution in [-0.4, -0.2) is 19.1 Å². The summed E-state index contributed by atoms with van der Waals surface area (Å²) in [6.45, 7) is 0. The van der Waals surface area contributed by atoms with Crippen molar-refractivity contribution in [2.75, 3.05) is 0 Å². The highest BCUT2D eigenvalue weighted by Crippen LogP contribution is 2.46. The van der Waals surface area contributed by atoms with Gasteiger partial charge in [0.2, 0.25) is 5.95 Å². The van der Waals surface area contributed by atoms with E-state index < -0.39 is 0 Å². The van der Waals surface area contributed by atoms with Crippen molar-refractivity contribution in [1.82, 2.24) is 19.1 Å². The Kier molecular flexibility index (Phi) is 7.24. The molecule has 0 saturated heterocycles. The molecule has 5 nitrogen and oxygen atoms in total. The Morgan fingerprint density at radius 2 is 0.967 bits per heavy atom. The lowest BCUT2D eigenvalue weighted by molar-refractivity contribution is 0.673. The van der Waals surface area contributed by atoms with Gasteiger partial charge in [-0.05, 0) is 70.8 Å². The maximum absolute atomic E-state index is 6.91. The molecule has 5 heteroatoms. The SMILES string of the molecule is c1ccc(-c2ccc(-c3nc(-n4c5ccccc5c5ccc6c(c7c8oc9ccccc9c8ccc7n6-c6cccc(-c7ccccc7)c6)c54)nc4ccccc34)cc2)cc1. The highest BCUT2D eigenvalue weighted by molar-refractivity contribution is 6.32. The molecule has 4 aromatic heterocycles. The fraction of sp³-hybridized carbons (Fsp3) is 0. The largest absolute Gasteiger partial charge is 0.455 e. The average molecular weight is 779 g/mol. The Hall–Kier alpha value is -8.28. The standard InChI is InChI=1S/C56H34N4O/c1-3-14-35(15-4-1)37-26-28-38(29-27-37)53-45-22-7-10-23-46(45)57-56(58-53)60-47-24-11-8-20-41(47)43-30-32-48-51(54(43)60)52-49(33-31-44-42-21-9-12-25-50(42)61-55(44)52)59(48)40-19-13-18-39(34-40)36-16-5-2-6-17-36/h1-34H. The van der Waals surface area contributed by atoms with E-state index in [9.17, 15) is 0 Å². The summed E-state index contributed by atoms with van der Waals surface area (Å²) in [5.74, 6) is 0.614. The van der Waals surface area contributed by atoms with Crippen molar-refractivity contribution in [1.29, 1.82) is 0 Å². The first-order valence-electron chi connectivity index (χ1n) is 20.7. The predicted molar refractivity (Wildman–Crippen MR) is 252 cm³/mol. The molecule has 0 aliphatic rings. The first-order chi connectivity index (χ1) is 30.3. The second-order valence-electron chi connectivity index (χ2n) is 15.7. The van der Waals surface area contributed by atoms with E-state index in [2.05, 4.69) is 209 Å². The monoisotopic (exact) mass is 778 g/mol. The number of hydrogen-bond donors (Lipinski definition) is 0. The molecule has 0 aliphatic carbocycles. The van der Waals surface area contributed by atoms with Crippen LogP contribution in [0.1, 0.15) is 0 Å². The minimum absolute atomic E-state index is 0.614. The molecule has 0 atom stereocenters. The third-order valence-electron chi connectivity index (χ3n) is 12.3. The molecule has 0 radical (unpaired) electrons. The summed E-state index contributed by atoms with van der Waals surface area (Å²) in [5.41, 5.74) is 14.5. The summed E-state index contributed by atoms with van der Waals surface area (Å²) in [6.07, 6.45) is 0. The van der Waals surface area contributed by atoms with Gasteiger partial charge in [0.1, 0.15) is 11.2 Å². The van der Waals surface area contributed by atoms with E-state index in [4.69, 9.17) is 14.4 Å². The molecule has 0 amide bonds. The summed E-state index contributed by atoms with van der Waals surface area (Å²) in [4.78, 5) is 10.9. The lowest BCUT2D eigenvalue weighted by Gasteiger charge is -2.13. The number of hydrogen-bond acceptors (Lipinski definition) is 3. The Balaban J connectivity index is 1.15. The lowest BCUT2D eigenvalue weighted by Crippen LogP contribution is -2.03. The van der Waals surface area contributed by atoms with Crippen molar-refractivity contribution in [3.63, 3.8) is 0 Å². The second-order valence-corrected chi connectivity index (χ2v) is 15.7. The van der Waals surface area contributed by atoms with Crippen molar-refractivity contribution in [2.45, 2.75) is 0 Å². The molecule has 13 aromatic rings. The zero-order valence-electron chi connectivity index (χ0n) is 32.8. The Labute approximate surface area is 350 Å². The summed E-state index contributed by atoms with van der Waals surface area (Å²) in [6, 6.07) is 73.0. The molecule has 0 fully saturated rings. The van der Waals surface area contributed by atoms with Crippen LogP contribution in [0.5, 0.6) is 0 Å². The van der Waals surface area contributed by atoms with Crippen LogP contribution in [0.3, 0.4) is 0 Å². The first-order valence-corrected chi connectivity index (χ1v) is 20.7. The molecule has 0 N–H and O–H groups in total. The topological polar surface area (TPSA) is 48.8 Å². The van der Waals surface area contributed by atoms with E-state index in [1.807, 2.05) is 6.07 Å². The third-order valence-corrected chi connectivity index (χ3v) is 12.3. The fourth-order valence-corrected chi connectivity index (χ4v) is 9.59. The van der Waals surface area contributed by atoms with Gasteiger partial charge in [-0.25, -0.2) is 9.97 Å². The second kappa shape index (κ2) is 13.1. The van der Waals surface area contributed by atoms with E-state index in [-0.39, 0.29) is 0 Å². The van der Waals surface area contributed by atoms with Crippen LogP contribution in [0.25, 0.3) is 122 Å². The van der Waals surface area contributed by atoms with Crippen molar-refractivity contribution in [3.05, 3.63) is 206 Å². The number of rotatable bonds is 5. The first kappa shape index (κ1) is 33.7. The molecule has 0 bridgehead atoms. The van der Waals surface area contributed by atoms with E-state index in [1.54, 1.807) is 0 Å². The van der Waals surface area contributed by atoms with Gasteiger partial charge >= 0.3 is 0 Å². The number of nitrogens with zero attached hydrogens (tertiary/aromatic N) is 4. The van der Waals surface area contributed by atoms with E-state index >= 15 is 0 Å². The van der Waals surface area contributed by atoms with Gasteiger partial charge in [0.05, 0.1) is 38.7 Å². The van der Waals surface area contributed by atoms with Crippen LogP contribution in [-0.2, 0) is 0 Å². The lowest BCUT2D eigenvalue weighted by atomic mass is 10.0. The quantitative estimate of drug-likeness (QED) is 0.175. The maximum Gasteiger partial charge on any atom is 0.235 e. The molecule has 284 valence electrons. The van der Waals surface area contributed by atoms with Crippen molar-refractivity contribution < 1.29 is 4.42 Å². The predicted octanol–water partition coefficient (Wildman–Crippen LogP) is 14.7. The summed E-state index contributed by atoms with van der Waals surface area (Å²) in [7, 11) is 0. The minimum atomic E-state index is 0.614. The summed E-state index contributed by atoms with van der Waals surface area (Å²) in [5, 5.41) is 7.59. The van der Waals surface area contributed by atoms with E-state index in [0.29, 0.717) is 5.95 Å². The van der Waals surface area contributed by atoms with Crippen LogP contribution < -0.4 is 0 Å². The average Bonchev–Trinajstić information content (AvgIpc) is 4.00. The summed E-state index contributed by atoms with van der Waals surface area (Å²) >= 11 is 0. The zero-order chi connectivity index (χ0) is 40.0. The van der Waals surface area contributed by atoms with Crippen LogP contribution >= 0.6 is 0 Å². The molecular weight excluding hydrogens is 745 g/mol. The highest BCUT2D eigenvalue weighted by atomic mass is 16.3. The molecule has 61 heavy (non-hydrogen) atoms. The van der Waals surface area contributed by atoms with Gasteiger partial charge in [-0.1, -0.05) is 158 Å². The van der Waals surface area contributed by atoms with Crippen molar-refractivity contribution >= 4 is 76.5 Å². The van der Waals surface area contributed by atoms with E-state index in [1.165, 1.54) is 11.1 Å². The molecule has 0 aliphatic heterocycles. The summed E-state index contributed by atoms with van der Waals surface area (Å²) < 4.78 is 11.6. The van der Waals surface area contributed by atoms with E-state index in [0.717, 1.165) is 105 Å². The van der Waals surface area contributed by atoms with Crippen molar-refractivity contribution in [2.24, 2.45) is 0 Å². The van der Waals surface area contributed by atoms with Gasteiger partial charge in [-0.15, -0.1) is 0 Å². The highest BCUT2D eigenvalue weighted by Gasteiger charge is 2.25. The molecule has 4 heterocycles. The van der Waals surface area contributed by atoms with Crippen LogP contribution in [0.4, 0.5) is 0 Å². The molecule has 9 aromatic carbocycles. The van der Waals surface area contributed by atoms with Crippen molar-refractivity contribution in [3.8, 4) is 45.1 Å². The third kappa shape index (κ3) is 5.08. The van der Waals surface area contributed by atoms with Gasteiger partial charge in [0.15, 0.2) is 0 Å². The Bertz CT molecular complexity index is 3860. The van der Waals surface area contributed by atoms with Crippen LogP contribution in [0.15, 0.2) is 211 Å². The van der Waals surface area contributed by atoms with Gasteiger partial charge in [0.25, 0.3) is 0 Å². The molecule has 0 saturated carbocycles. The fourth-order valence-electron chi connectivity index (χ4n) is 9.59. The number of aromatic nitrogens is 4. The van der Waals surface area contributed by atoms with Gasteiger partial charge in [-0.2, -0.15) is 0 Å². The van der Waals surface area contributed by atoms with Gasteiger partial charge in [-0.3, -0.25) is 4.57 Å². The minimum Gasteiger partial charge on any atom is -0.455 e. The van der Waals surface area contributed by atoms with Gasteiger partial charge in [0, 0.05) is 43.6 Å². The number of para-hydroxylation sites is 3. The van der Waals surface area contributed by atoms with Crippen LogP contribution in [0, 0.1) is 0 Å². The number of fused-ring (bicyclic) bond motifs is 12. The molecule has 0 unspecified atom stereocenters. The number of furan rings is 1. The normalized spacial score (nSPS) is 11.9. The molecule has 13 rings (SSSR count). The molecule has 0 spiro atoms. The maximum atomic E-state index is 6.91. The Morgan fingerprint density at radius 1 is 0.361 bits per heavy atom. The van der Waals surface area contributed by atoms with Gasteiger partial charge < -0.3 is 8.98 Å². The van der Waals surface area contributed by atoms with Crippen LogP contribution in [0.2, 0.25) is 0 Å².